The molecule has 0 saturated carbocycles. The predicted molar refractivity (Wildman–Crippen MR) is 91.2 cm³/mol. The van der Waals surface area contributed by atoms with Crippen LogP contribution in [0.2, 0.25) is 0 Å². The first-order chi connectivity index (χ1) is 12.1. The molecule has 0 saturated heterocycles. The van der Waals surface area contributed by atoms with Crippen LogP contribution in [0.1, 0.15) is 23.7 Å². The molecule has 2 aromatic heterocycles. The second-order valence-electron chi connectivity index (χ2n) is 6.13. The van der Waals surface area contributed by atoms with Crippen molar-refractivity contribution in [2.45, 2.75) is 33.5 Å². The number of alkyl halides is 3. The third kappa shape index (κ3) is 2.95. The zero-order chi connectivity index (χ0) is 19.2. The lowest BCUT2D eigenvalue weighted by Crippen LogP contribution is -2.14. The van der Waals surface area contributed by atoms with Crippen molar-refractivity contribution in [3.63, 3.8) is 0 Å². The minimum absolute atomic E-state index is 0.0264. The molecule has 2 heterocycles. The lowest BCUT2D eigenvalue weighted by atomic mass is 10.0. The van der Waals surface area contributed by atoms with Crippen molar-refractivity contribution < 1.29 is 22.7 Å². The summed E-state index contributed by atoms with van der Waals surface area (Å²) in [5.41, 5.74) is 0.439. The Kier molecular flexibility index (Phi) is 4.29. The van der Waals surface area contributed by atoms with E-state index in [-0.39, 0.29) is 17.5 Å². The SMILES string of the molecule is CC(=O)OCCn1c(C)c(C)c2c3c(C(F)(F)F)cc(=O)[nH]c3ccc21. The van der Waals surface area contributed by atoms with Crippen molar-refractivity contribution in [3.8, 4) is 0 Å². The van der Waals surface area contributed by atoms with E-state index in [1.807, 2.05) is 4.57 Å². The van der Waals surface area contributed by atoms with Gasteiger partial charge in [-0.15, -0.1) is 0 Å². The van der Waals surface area contributed by atoms with Gasteiger partial charge in [0.05, 0.1) is 12.1 Å². The first kappa shape index (κ1) is 18.0. The number of aryl methyl sites for hydroxylation is 1. The molecule has 0 aliphatic heterocycles. The normalized spacial score (nSPS) is 12.1. The number of benzene rings is 1. The van der Waals surface area contributed by atoms with Gasteiger partial charge in [-0.25, -0.2) is 0 Å². The number of hydrogen-bond acceptors (Lipinski definition) is 3. The summed E-state index contributed by atoms with van der Waals surface area (Å²) in [6.07, 6.45) is -4.65. The average molecular weight is 366 g/mol. The summed E-state index contributed by atoms with van der Waals surface area (Å²) in [6.45, 7) is 5.28. The van der Waals surface area contributed by atoms with E-state index in [9.17, 15) is 22.8 Å². The maximum Gasteiger partial charge on any atom is 0.417 e. The summed E-state index contributed by atoms with van der Waals surface area (Å²) in [4.78, 5) is 25.1. The number of nitrogens with zero attached hydrogens (tertiary/aromatic N) is 1. The fourth-order valence-corrected chi connectivity index (χ4v) is 3.31. The van der Waals surface area contributed by atoms with Gasteiger partial charge in [-0.2, -0.15) is 13.2 Å². The quantitative estimate of drug-likeness (QED) is 0.719. The highest BCUT2D eigenvalue weighted by molar-refractivity contribution is 6.09. The van der Waals surface area contributed by atoms with Crippen molar-refractivity contribution in [2.75, 3.05) is 6.61 Å². The summed E-state index contributed by atoms with van der Waals surface area (Å²) in [5.74, 6) is -0.418. The largest absolute Gasteiger partial charge is 0.464 e. The Morgan fingerprint density at radius 3 is 2.54 bits per heavy atom. The van der Waals surface area contributed by atoms with E-state index in [0.29, 0.717) is 29.1 Å². The first-order valence-electron chi connectivity index (χ1n) is 7.97. The number of aromatic nitrogens is 2. The molecule has 1 aromatic carbocycles. The topological polar surface area (TPSA) is 64.1 Å². The van der Waals surface area contributed by atoms with Gasteiger partial charge in [0.25, 0.3) is 0 Å². The standard InChI is InChI=1S/C18H17F3N2O3/c1-9-10(2)23(6-7-26-11(3)24)14-5-4-13-17(16(9)14)12(18(19,20)21)8-15(25)22-13/h4-5,8H,6-7H2,1-3H3,(H,22,25). The number of halogens is 3. The highest BCUT2D eigenvalue weighted by Crippen LogP contribution is 2.39. The number of pyridine rings is 1. The van der Waals surface area contributed by atoms with Crippen LogP contribution in [0.4, 0.5) is 13.2 Å². The van der Waals surface area contributed by atoms with Crippen LogP contribution in [0.5, 0.6) is 0 Å². The lowest BCUT2D eigenvalue weighted by Gasteiger charge is -2.12. The Bertz CT molecular complexity index is 1080. The summed E-state index contributed by atoms with van der Waals surface area (Å²) < 4.78 is 47.4. The number of H-pyrrole nitrogens is 1. The van der Waals surface area contributed by atoms with E-state index < -0.39 is 23.3 Å². The summed E-state index contributed by atoms with van der Waals surface area (Å²) in [6, 6.07) is 3.73. The van der Waals surface area contributed by atoms with Crippen molar-refractivity contribution >= 4 is 27.8 Å². The summed E-state index contributed by atoms with van der Waals surface area (Å²) in [5, 5.41) is 0.410. The summed E-state index contributed by atoms with van der Waals surface area (Å²) >= 11 is 0. The predicted octanol–water partition coefficient (Wildman–Crippen LogP) is 3.68. The van der Waals surface area contributed by atoms with Crippen LogP contribution in [0, 0.1) is 13.8 Å². The van der Waals surface area contributed by atoms with Gasteiger partial charge in [-0.1, -0.05) is 0 Å². The van der Waals surface area contributed by atoms with Gasteiger partial charge in [0, 0.05) is 40.5 Å². The number of ether oxygens (including phenoxy) is 1. The Balaban J connectivity index is 2.33. The Morgan fingerprint density at radius 1 is 1.23 bits per heavy atom. The van der Waals surface area contributed by atoms with E-state index in [4.69, 9.17) is 4.74 Å². The van der Waals surface area contributed by atoms with Gasteiger partial charge in [0.15, 0.2) is 0 Å². The highest BCUT2D eigenvalue weighted by Gasteiger charge is 2.34. The Hall–Kier alpha value is -2.77. The molecule has 0 atom stereocenters. The molecule has 0 spiro atoms. The fourth-order valence-electron chi connectivity index (χ4n) is 3.31. The smallest absolute Gasteiger partial charge is 0.417 e. The van der Waals surface area contributed by atoms with Gasteiger partial charge >= 0.3 is 12.1 Å². The second kappa shape index (κ2) is 6.19. The molecule has 3 rings (SSSR count). The van der Waals surface area contributed by atoms with Gasteiger partial charge in [-0.3, -0.25) is 9.59 Å². The third-order valence-electron chi connectivity index (χ3n) is 4.52. The molecule has 0 aliphatic rings. The van der Waals surface area contributed by atoms with Crippen molar-refractivity contribution in [3.05, 3.63) is 45.4 Å². The molecule has 0 unspecified atom stereocenters. The number of fused-ring (bicyclic) bond motifs is 3. The van der Waals surface area contributed by atoms with E-state index in [1.54, 1.807) is 19.9 Å². The zero-order valence-electron chi connectivity index (χ0n) is 14.5. The van der Waals surface area contributed by atoms with Crippen LogP contribution in [0.25, 0.3) is 21.8 Å². The molecule has 0 radical (unpaired) electrons. The number of aromatic amines is 1. The number of carbonyl (C=O) groups is 1. The lowest BCUT2D eigenvalue weighted by molar-refractivity contribution is -0.141. The van der Waals surface area contributed by atoms with Crippen LogP contribution in [0.15, 0.2) is 23.0 Å². The first-order valence-corrected chi connectivity index (χ1v) is 7.97. The minimum atomic E-state index is -4.65. The van der Waals surface area contributed by atoms with E-state index in [0.717, 1.165) is 5.69 Å². The number of carbonyl (C=O) groups excluding carboxylic acids is 1. The molecular formula is C18H17F3N2O3. The van der Waals surface area contributed by atoms with E-state index in [2.05, 4.69) is 4.98 Å². The van der Waals surface area contributed by atoms with Crippen LogP contribution < -0.4 is 5.56 Å². The molecule has 8 heteroatoms. The van der Waals surface area contributed by atoms with Crippen molar-refractivity contribution in [1.82, 2.24) is 9.55 Å². The number of hydrogen-bond donors (Lipinski definition) is 1. The maximum atomic E-state index is 13.5. The third-order valence-corrected chi connectivity index (χ3v) is 4.52. The molecule has 5 nitrogen and oxygen atoms in total. The van der Waals surface area contributed by atoms with Gasteiger partial charge < -0.3 is 14.3 Å². The molecule has 0 fully saturated rings. The minimum Gasteiger partial charge on any atom is -0.464 e. The van der Waals surface area contributed by atoms with Crippen LogP contribution in [-0.4, -0.2) is 22.1 Å². The maximum absolute atomic E-state index is 13.5. The molecule has 0 amide bonds. The molecular weight excluding hydrogens is 349 g/mol. The van der Waals surface area contributed by atoms with E-state index in [1.165, 1.54) is 13.0 Å². The Labute approximate surface area is 146 Å². The molecule has 1 N–H and O–H groups in total. The van der Waals surface area contributed by atoms with Crippen LogP contribution in [-0.2, 0) is 22.3 Å². The van der Waals surface area contributed by atoms with Gasteiger partial charge in [0.1, 0.15) is 6.61 Å². The average Bonchev–Trinajstić information content (AvgIpc) is 2.77. The molecule has 138 valence electrons. The molecule has 0 bridgehead atoms. The van der Waals surface area contributed by atoms with Crippen molar-refractivity contribution in [2.24, 2.45) is 0 Å². The molecule has 3 aromatic rings. The fraction of sp³-hybridized carbons (Fsp3) is 0.333. The monoisotopic (exact) mass is 366 g/mol. The highest BCUT2D eigenvalue weighted by atomic mass is 19.4. The second-order valence-corrected chi connectivity index (χ2v) is 6.13. The van der Waals surface area contributed by atoms with Crippen molar-refractivity contribution in [1.29, 1.82) is 0 Å². The van der Waals surface area contributed by atoms with Crippen LogP contribution >= 0.6 is 0 Å². The summed E-state index contributed by atoms with van der Waals surface area (Å²) in [7, 11) is 0. The van der Waals surface area contributed by atoms with E-state index >= 15 is 0 Å². The Morgan fingerprint density at radius 2 is 1.92 bits per heavy atom. The number of nitrogens with one attached hydrogen (secondary N) is 1. The van der Waals surface area contributed by atoms with Gasteiger partial charge in [0.2, 0.25) is 5.56 Å². The van der Waals surface area contributed by atoms with Crippen LogP contribution in [0.3, 0.4) is 0 Å². The number of esters is 1. The molecule has 0 aliphatic carbocycles. The zero-order valence-corrected chi connectivity index (χ0v) is 14.5. The number of rotatable bonds is 3. The van der Waals surface area contributed by atoms with Gasteiger partial charge in [-0.05, 0) is 31.5 Å². The molecule has 26 heavy (non-hydrogen) atoms.